The van der Waals surface area contributed by atoms with Gasteiger partial charge in [-0.25, -0.2) is 0 Å². The van der Waals surface area contributed by atoms with Crippen LogP contribution in [0.1, 0.15) is 22.3 Å². The van der Waals surface area contributed by atoms with Crippen LogP contribution < -0.4 is 9.80 Å². The van der Waals surface area contributed by atoms with Crippen molar-refractivity contribution in [1.82, 2.24) is 0 Å². The first kappa shape index (κ1) is 31.1. The second-order valence-corrected chi connectivity index (χ2v) is 14.8. The van der Waals surface area contributed by atoms with Crippen LogP contribution in [0, 0.1) is 27.7 Å². The molecule has 1 heterocycles. The summed E-state index contributed by atoms with van der Waals surface area (Å²) in [5.74, 6) is 0. The van der Waals surface area contributed by atoms with Gasteiger partial charge in [0, 0.05) is 53.7 Å². The molecule has 0 aliphatic heterocycles. The van der Waals surface area contributed by atoms with Gasteiger partial charge in [-0.3, -0.25) is 0 Å². The third kappa shape index (κ3) is 5.42. The largest absolute Gasteiger partial charge is 0.310 e. The summed E-state index contributed by atoms with van der Waals surface area (Å²) in [6.45, 7) is 8.69. The molecule has 0 N–H and O–H groups in total. The van der Waals surface area contributed by atoms with E-state index in [1.54, 1.807) is 0 Å². The number of hydrogen-bond acceptors (Lipinski definition) is 3. The van der Waals surface area contributed by atoms with Crippen LogP contribution in [0.5, 0.6) is 0 Å². The van der Waals surface area contributed by atoms with Crippen molar-refractivity contribution in [3.63, 3.8) is 0 Å². The molecular weight excluding hydrogens is 637 g/mol. The van der Waals surface area contributed by atoms with E-state index in [1.165, 1.54) is 75.3 Å². The maximum atomic E-state index is 2.44. The quantitative estimate of drug-likeness (QED) is 0.173. The minimum atomic E-state index is 1.16. The summed E-state index contributed by atoms with van der Waals surface area (Å²) < 4.78 is 2.56. The Labute approximate surface area is 303 Å². The molecule has 0 radical (unpaired) electrons. The van der Waals surface area contributed by atoms with E-state index >= 15 is 0 Å². The molecule has 0 aliphatic rings. The zero-order valence-electron chi connectivity index (χ0n) is 29.3. The van der Waals surface area contributed by atoms with E-state index in [0.29, 0.717) is 0 Å². The lowest BCUT2D eigenvalue weighted by Gasteiger charge is -2.28. The van der Waals surface area contributed by atoms with Gasteiger partial charge in [-0.1, -0.05) is 97.1 Å². The number of benzene rings is 8. The summed E-state index contributed by atoms with van der Waals surface area (Å²) in [7, 11) is 0. The van der Waals surface area contributed by atoms with E-state index in [1.807, 2.05) is 11.3 Å². The van der Waals surface area contributed by atoms with E-state index in [0.717, 1.165) is 22.7 Å². The lowest BCUT2D eigenvalue weighted by Crippen LogP contribution is -2.11. The molecule has 8 aromatic carbocycles. The first-order valence-electron chi connectivity index (χ1n) is 17.6. The number of fused-ring (bicyclic) bond motifs is 7. The van der Waals surface area contributed by atoms with Gasteiger partial charge < -0.3 is 9.80 Å². The van der Waals surface area contributed by atoms with Gasteiger partial charge in [-0.2, -0.15) is 0 Å². The van der Waals surface area contributed by atoms with Crippen molar-refractivity contribution in [3.8, 4) is 0 Å². The Bertz CT molecular complexity index is 2490. The molecule has 246 valence electrons. The molecule has 51 heavy (non-hydrogen) atoms. The van der Waals surface area contributed by atoms with Crippen LogP contribution in [-0.4, -0.2) is 0 Å². The average Bonchev–Trinajstić information content (AvgIpc) is 3.51. The van der Waals surface area contributed by atoms with E-state index in [-0.39, 0.29) is 0 Å². The second kappa shape index (κ2) is 12.5. The number of anilines is 6. The third-order valence-electron chi connectivity index (χ3n) is 9.96. The number of hydrogen-bond donors (Lipinski definition) is 0. The van der Waals surface area contributed by atoms with Gasteiger partial charge in [-0.05, 0) is 121 Å². The second-order valence-electron chi connectivity index (χ2n) is 13.8. The molecule has 3 heteroatoms. The SMILES string of the molecule is Cc1cccc(N(c2cccc(C)c2)c2cc3sc4cc(N(c5cccc(C)c5)c5cccc(C)c5)c5ccccc5c4c3c3ccccc23)c1. The molecular formula is C48H38N2S. The van der Waals surface area contributed by atoms with E-state index < -0.39 is 0 Å². The minimum absolute atomic E-state index is 1.16. The molecule has 0 bridgehead atoms. The Hall–Kier alpha value is -5.90. The van der Waals surface area contributed by atoms with E-state index in [4.69, 9.17) is 0 Å². The Kier molecular flexibility index (Phi) is 7.60. The van der Waals surface area contributed by atoms with E-state index in [2.05, 4.69) is 195 Å². The summed E-state index contributed by atoms with van der Waals surface area (Å²) in [5, 5.41) is 7.66. The van der Waals surface area contributed by atoms with Crippen LogP contribution >= 0.6 is 11.3 Å². The average molecular weight is 675 g/mol. The predicted octanol–water partition coefficient (Wildman–Crippen LogP) is 14.5. The standard InChI is InChI=1S/C48H38N2S/c1-31-13-9-17-35(25-31)49(36-18-10-14-32(2)26-36)43-29-45-47(41-23-7-5-21-39(41)43)48-42-24-8-6-22-40(42)44(30-46(48)51-45)50(37-19-11-15-33(3)27-37)38-20-12-16-34(4)28-38/h5-30H,1-4H3. The minimum Gasteiger partial charge on any atom is -0.310 e. The molecule has 0 spiro atoms. The molecule has 0 fully saturated rings. The van der Waals surface area contributed by atoms with Crippen LogP contribution in [-0.2, 0) is 0 Å². The van der Waals surface area contributed by atoms with Crippen molar-refractivity contribution in [3.05, 3.63) is 180 Å². The zero-order chi connectivity index (χ0) is 34.6. The number of thiophene rings is 1. The molecule has 2 nitrogen and oxygen atoms in total. The van der Waals surface area contributed by atoms with Crippen molar-refractivity contribution in [2.24, 2.45) is 0 Å². The van der Waals surface area contributed by atoms with Crippen LogP contribution in [0.4, 0.5) is 34.1 Å². The first-order valence-corrected chi connectivity index (χ1v) is 18.4. The van der Waals surface area contributed by atoms with Gasteiger partial charge in [0.15, 0.2) is 0 Å². The van der Waals surface area contributed by atoms with Gasteiger partial charge in [0.05, 0.1) is 11.4 Å². The lowest BCUT2D eigenvalue weighted by molar-refractivity contribution is 1.27. The van der Waals surface area contributed by atoms with Crippen molar-refractivity contribution in [2.75, 3.05) is 9.80 Å². The maximum absolute atomic E-state index is 2.44. The fourth-order valence-electron chi connectivity index (χ4n) is 7.75. The fraction of sp³-hybridized carbons (Fsp3) is 0.0833. The highest BCUT2D eigenvalue weighted by Crippen LogP contribution is 2.50. The lowest BCUT2D eigenvalue weighted by atomic mass is 9.96. The normalized spacial score (nSPS) is 11.5. The number of aryl methyl sites for hydroxylation is 4. The summed E-state index contributed by atoms with van der Waals surface area (Å²) in [6, 6.07) is 58.2. The van der Waals surface area contributed by atoms with Crippen molar-refractivity contribution in [2.45, 2.75) is 27.7 Å². The topological polar surface area (TPSA) is 6.48 Å². The van der Waals surface area contributed by atoms with Crippen LogP contribution in [0.25, 0.3) is 41.7 Å². The highest BCUT2D eigenvalue weighted by atomic mass is 32.1. The fourth-order valence-corrected chi connectivity index (χ4v) is 8.96. The smallest absolute Gasteiger partial charge is 0.0554 e. The Morgan fingerprint density at radius 3 is 0.961 bits per heavy atom. The summed E-state index contributed by atoms with van der Waals surface area (Å²) in [6.07, 6.45) is 0. The Morgan fingerprint density at radius 1 is 0.333 bits per heavy atom. The van der Waals surface area contributed by atoms with E-state index in [9.17, 15) is 0 Å². The van der Waals surface area contributed by atoms with Crippen LogP contribution in [0.15, 0.2) is 158 Å². The summed E-state index contributed by atoms with van der Waals surface area (Å²) in [5.41, 5.74) is 12.0. The van der Waals surface area contributed by atoms with Crippen molar-refractivity contribution < 1.29 is 0 Å². The number of nitrogens with zero attached hydrogens (tertiary/aromatic N) is 2. The van der Waals surface area contributed by atoms with Gasteiger partial charge >= 0.3 is 0 Å². The molecule has 0 saturated carbocycles. The van der Waals surface area contributed by atoms with Crippen LogP contribution in [0.2, 0.25) is 0 Å². The van der Waals surface area contributed by atoms with Gasteiger partial charge in [0.2, 0.25) is 0 Å². The Balaban J connectivity index is 1.37. The highest BCUT2D eigenvalue weighted by Gasteiger charge is 2.23. The molecule has 0 aliphatic carbocycles. The third-order valence-corrected chi connectivity index (χ3v) is 11.0. The van der Waals surface area contributed by atoms with Crippen molar-refractivity contribution >= 4 is 87.2 Å². The number of rotatable bonds is 6. The van der Waals surface area contributed by atoms with Crippen molar-refractivity contribution in [1.29, 1.82) is 0 Å². The predicted molar refractivity (Wildman–Crippen MR) is 223 cm³/mol. The molecule has 1 aromatic heterocycles. The molecule has 0 atom stereocenters. The van der Waals surface area contributed by atoms with Gasteiger partial charge in [-0.15, -0.1) is 11.3 Å². The Morgan fingerprint density at radius 2 is 0.647 bits per heavy atom. The first-order chi connectivity index (χ1) is 24.9. The summed E-state index contributed by atoms with van der Waals surface area (Å²) in [4.78, 5) is 4.87. The zero-order valence-corrected chi connectivity index (χ0v) is 30.1. The molecule has 0 saturated heterocycles. The van der Waals surface area contributed by atoms with Crippen LogP contribution in [0.3, 0.4) is 0 Å². The molecule has 9 rings (SSSR count). The summed E-state index contributed by atoms with van der Waals surface area (Å²) >= 11 is 1.89. The monoisotopic (exact) mass is 674 g/mol. The van der Waals surface area contributed by atoms with Gasteiger partial charge in [0.1, 0.15) is 0 Å². The maximum Gasteiger partial charge on any atom is 0.0554 e. The molecule has 0 unspecified atom stereocenters. The molecule has 0 amide bonds. The van der Waals surface area contributed by atoms with Gasteiger partial charge in [0.25, 0.3) is 0 Å². The highest BCUT2D eigenvalue weighted by molar-refractivity contribution is 7.26. The molecule has 9 aromatic rings.